The highest BCUT2D eigenvalue weighted by Gasteiger charge is 2.59. The van der Waals surface area contributed by atoms with E-state index in [9.17, 15) is 9.59 Å². The zero-order valence-electron chi connectivity index (χ0n) is 24.3. The molecular formula is C32H48N2O4+2. The zero-order chi connectivity index (χ0) is 27.8. The molecule has 0 heterocycles. The van der Waals surface area contributed by atoms with Crippen LogP contribution in [-0.2, 0) is 19.1 Å². The molecule has 2 aromatic rings. The normalized spacial score (nSPS) is 21.4. The summed E-state index contributed by atoms with van der Waals surface area (Å²) in [7, 11) is 4.37. The Morgan fingerprint density at radius 2 is 0.921 bits per heavy atom. The first kappa shape index (κ1) is 29.9. The molecule has 1 aliphatic rings. The molecule has 0 spiro atoms. The molecule has 1 saturated carbocycles. The third kappa shape index (κ3) is 6.83. The smallest absolute Gasteiger partial charge is 0.310 e. The second kappa shape index (κ2) is 13.4. The number of hydrogen-bond acceptors (Lipinski definition) is 4. The van der Waals surface area contributed by atoms with Crippen LogP contribution in [0, 0.1) is 11.8 Å². The Morgan fingerprint density at radius 1 is 0.605 bits per heavy atom. The fourth-order valence-corrected chi connectivity index (χ4v) is 5.52. The molecule has 1 aliphatic carbocycles. The lowest BCUT2D eigenvalue weighted by Gasteiger charge is -2.49. The summed E-state index contributed by atoms with van der Waals surface area (Å²) >= 11 is 0. The summed E-state index contributed by atoms with van der Waals surface area (Å²) in [5.74, 6) is -1.89. The van der Waals surface area contributed by atoms with Crippen molar-refractivity contribution in [3.05, 3.63) is 71.8 Å². The van der Waals surface area contributed by atoms with Gasteiger partial charge in [-0.25, -0.2) is 0 Å². The largest absolute Gasteiger partial charge is 0.459 e. The number of nitrogens with zero attached hydrogens (tertiary/aromatic N) is 2. The molecule has 0 aromatic heterocycles. The van der Waals surface area contributed by atoms with Crippen molar-refractivity contribution in [1.82, 2.24) is 0 Å². The monoisotopic (exact) mass is 524 g/mol. The molecule has 2 aromatic carbocycles. The van der Waals surface area contributed by atoms with Gasteiger partial charge in [0.05, 0.1) is 52.1 Å². The van der Waals surface area contributed by atoms with Crippen LogP contribution in [-0.4, -0.2) is 87.5 Å². The minimum Gasteiger partial charge on any atom is -0.459 e. The second-order valence-electron chi connectivity index (χ2n) is 11.2. The predicted molar refractivity (Wildman–Crippen MR) is 152 cm³/mol. The van der Waals surface area contributed by atoms with Gasteiger partial charge in [0.15, 0.2) is 0 Å². The maximum atomic E-state index is 13.7. The van der Waals surface area contributed by atoms with Gasteiger partial charge in [0, 0.05) is 11.8 Å². The van der Waals surface area contributed by atoms with Gasteiger partial charge in [-0.3, -0.25) is 9.59 Å². The van der Waals surface area contributed by atoms with E-state index >= 15 is 0 Å². The lowest BCUT2D eigenvalue weighted by atomic mass is 9.52. The van der Waals surface area contributed by atoms with Crippen molar-refractivity contribution in [2.75, 3.05) is 66.6 Å². The van der Waals surface area contributed by atoms with E-state index in [0.29, 0.717) is 13.2 Å². The van der Waals surface area contributed by atoms with E-state index in [-0.39, 0.29) is 23.8 Å². The van der Waals surface area contributed by atoms with Gasteiger partial charge in [-0.15, -0.1) is 0 Å². The van der Waals surface area contributed by atoms with E-state index < -0.39 is 11.8 Å². The Hall–Kier alpha value is -2.70. The number of rotatable bonds is 14. The molecule has 0 N–H and O–H groups in total. The minimum absolute atomic E-state index is 0.225. The number of carbonyl (C=O) groups excluding carboxylic acids is 2. The standard InChI is InChI=1S/C32H48N2O4/c1-7-33(5,8-2)21-23-37-31(35)29-27(25-17-13-11-14-18-25)30(28(29)26-19-15-12-16-20-26)32(36)38-24-22-34(6,9-3)10-4/h11-20,27-30H,7-10,21-24H2,1-6H3/q+2. The first-order valence-corrected chi connectivity index (χ1v) is 14.3. The highest BCUT2D eigenvalue weighted by molar-refractivity contribution is 5.85. The summed E-state index contributed by atoms with van der Waals surface area (Å²) in [6.45, 7) is 14.9. The molecule has 6 heteroatoms. The van der Waals surface area contributed by atoms with Crippen molar-refractivity contribution in [1.29, 1.82) is 0 Å². The Balaban J connectivity index is 1.86. The molecule has 0 unspecified atom stereocenters. The maximum absolute atomic E-state index is 13.7. The second-order valence-corrected chi connectivity index (χ2v) is 11.2. The Bertz CT molecular complexity index is 927. The number of ether oxygens (including phenoxy) is 2. The van der Waals surface area contributed by atoms with Crippen molar-refractivity contribution < 1.29 is 28.0 Å². The van der Waals surface area contributed by atoms with Crippen LogP contribution < -0.4 is 0 Å². The van der Waals surface area contributed by atoms with Gasteiger partial charge in [-0.1, -0.05) is 60.7 Å². The summed E-state index contributed by atoms with van der Waals surface area (Å²) in [5, 5.41) is 0. The highest BCUT2D eigenvalue weighted by Crippen LogP contribution is 2.58. The van der Waals surface area contributed by atoms with Gasteiger partial charge in [-0.2, -0.15) is 0 Å². The average molecular weight is 525 g/mol. The Kier molecular flexibility index (Phi) is 10.5. The summed E-state index contributed by atoms with van der Waals surface area (Å²) < 4.78 is 13.5. The average Bonchev–Trinajstić information content (AvgIpc) is 2.93. The van der Waals surface area contributed by atoms with E-state index in [2.05, 4.69) is 41.8 Å². The predicted octanol–water partition coefficient (Wildman–Crippen LogP) is 4.86. The molecular weight excluding hydrogens is 476 g/mol. The number of hydrogen-bond donors (Lipinski definition) is 0. The highest BCUT2D eigenvalue weighted by atomic mass is 16.5. The van der Waals surface area contributed by atoms with Crippen LogP contribution in [0.2, 0.25) is 0 Å². The van der Waals surface area contributed by atoms with E-state index in [4.69, 9.17) is 9.47 Å². The van der Waals surface area contributed by atoms with E-state index in [1.807, 2.05) is 60.7 Å². The first-order chi connectivity index (χ1) is 18.2. The van der Waals surface area contributed by atoms with Crippen LogP contribution in [0.4, 0.5) is 0 Å². The van der Waals surface area contributed by atoms with Gasteiger partial charge < -0.3 is 18.4 Å². The molecule has 6 nitrogen and oxygen atoms in total. The zero-order valence-corrected chi connectivity index (χ0v) is 24.3. The fourth-order valence-electron chi connectivity index (χ4n) is 5.52. The molecule has 0 saturated heterocycles. The van der Waals surface area contributed by atoms with Crippen LogP contribution in [0.3, 0.4) is 0 Å². The number of benzene rings is 2. The van der Waals surface area contributed by atoms with Crippen LogP contribution in [0.15, 0.2) is 60.7 Å². The molecule has 0 atom stereocenters. The fraction of sp³-hybridized carbons (Fsp3) is 0.562. The van der Waals surface area contributed by atoms with Crippen molar-refractivity contribution in [2.45, 2.75) is 39.5 Å². The van der Waals surface area contributed by atoms with Gasteiger partial charge >= 0.3 is 11.9 Å². The number of quaternary nitrogens is 2. The molecule has 1 fully saturated rings. The Labute approximate surface area is 229 Å². The third-order valence-electron chi connectivity index (χ3n) is 9.27. The van der Waals surface area contributed by atoms with Gasteiger partial charge in [0.25, 0.3) is 0 Å². The summed E-state index contributed by atoms with van der Waals surface area (Å²) in [6, 6.07) is 19.8. The quantitative estimate of drug-likeness (QED) is 0.262. The lowest BCUT2D eigenvalue weighted by molar-refractivity contribution is -0.906. The van der Waals surface area contributed by atoms with Crippen LogP contribution in [0.5, 0.6) is 0 Å². The van der Waals surface area contributed by atoms with Gasteiger partial charge in [0.2, 0.25) is 0 Å². The van der Waals surface area contributed by atoms with Gasteiger partial charge in [-0.05, 0) is 38.8 Å². The molecule has 0 amide bonds. The number of likely N-dealkylation sites (N-methyl/N-ethyl adjacent to an activating group) is 2. The van der Waals surface area contributed by atoms with Crippen molar-refractivity contribution in [3.8, 4) is 0 Å². The number of esters is 2. The molecule has 0 bridgehead atoms. The van der Waals surface area contributed by atoms with Crippen molar-refractivity contribution in [2.24, 2.45) is 11.8 Å². The SMILES string of the molecule is CC[N+](C)(CC)CCOC(=O)C1C(c2ccccc2)C(C(=O)OCC[N+](C)(CC)CC)C1c1ccccc1. The molecule has 38 heavy (non-hydrogen) atoms. The topological polar surface area (TPSA) is 52.6 Å². The Morgan fingerprint density at radius 3 is 1.21 bits per heavy atom. The molecule has 0 aliphatic heterocycles. The molecule has 208 valence electrons. The first-order valence-electron chi connectivity index (χ1n) is 14.3. The van der Waals surface area contributed by atoms with Crippen LogP contribution in [0.1, 0.15) is 50.7 Å². The third-order valence-corrected chi connectivity index (χ3v) is 9.27. The van der Waals surface area contributed by atoms with Crippen molar-refractivity contribution >= 4 is 11.9 Å². The molecule has 3 rings (SSSR count). The maximum Gasteiger partial charge on any atom is 0.310 e. The summed E-state index contributed by atoms with van der Waals surface area (Å²) in [6.07, 6.45) is 0. The van der Waals surface area contributed by atoms with E-state index in [1.54, 1.807) is 0 Å². The lowest BCUT2D eigenvalue weighted by Crippen LogP contribution is -2.53. The summed E-state index contributed by atoms with van der Waals surface area (Å²) in [5.41, 5.74) is 1.96. The van der Waals surface area contributed by atoms with Crippen LogP contribution in [0.25, 0.3) is 0 Å². The van der Waals surface area contributed by atoms with Crippen molar-refractivity contribution in [3.63, 3.8) is 0 Å². The number of carbonyl (C=O) groups is 2. The van der Waals surface area contributed by atoms with Crippen LogP contribution >= 0.6 is 0 Å². The van der Waals surface area contributed by atoms with E-state index in [0.717, 1.165) is 59.4 Å². The van der Waals surface area contributed by atoms with Gasteiger partial charge in [0.1, 0.15) is 26.3 Å². The summed E-state index contributed by atoms with van der Waals surface area (Å²) in [4.78, 5) is 27.3. The minimum atomic E-state index is -0.438. The molecule has 0 radical (unpaired) electrons. The van der Waals surface area contributed by atoms with E-state index in [1.165, 1.54) is 0 Å².